The highest BCUT2D eigenvalue weighted by Gasteiger charge is 2.19. The van der Waals surface area contributed by atoms with Crippen LogP contribution < -0.4 is 9.64 Å². The van der Waals surface area contributed by atoms with Crippen molar-refractivity contribution < 1.29 is 13.9 Å². The van der Waals surface area contributed by atoms with Gasteiger partial charge < -0.3 is 14.5 Å². The van der Waals surface area contributed by atoms with E-state index < -0.39 is 5.82 Å². The third-order valence-corrected chi connectivity index (χ3v) is 4.59. The maximum Gasteiger partial charge on any atom is 0.246 e. The van der Waals surface area contributed by atoms with Crippen LogP contribution in [-0.2, 0) is 4.79 Å². The van der Waals surface area contributed by atoms with E-state index in [2.05, 4.69) is 4.90 Å². The van der Waals surface area contributed by atoms with E-state index in [0.29, 0.717) is 23.7 Å². The molecule has 136 valence electrons. The fourth-order valence-corrected chi connectivity index (χ4v) is 3.10. The molecule has 0 spiro atoms. The number of halogens is 2. The van der Waals surface area contributed by atoms with Crippen molar-refractivity contribution in [1.29, 1.82) is 0 Å². The summed E-state index contributed by atoms with van der Waals surface area (Å²) in [5.74, 6) is -0.338. The highest BCUT2D eigenvalue weighted by Crippen LogP contribution is 2.21. The first-order valence-electron chi connectivity index (χ1n) is 8.38. The van der Waals surface area contributed by atoms with E-state index in [9.17, 15) is 9.18 Å². The number of anilines is 1. The fraction of sp³-hybridized carbons (Fsp3) is 0.250. The number of methoxy groups -OCH3 is 1. The zero-order valence-electron chi connectivity index (χ0n) is 14.5. The summed E-state index contributed by atoms with van der Waals surface area (Å²) in [6, 6.07) is 12.3. The smallest absolute Gasteiger partial charge is 0.246 e. The van der Waals surface area contributed by atoms with Crippen LogP contribution in [0.3, 0.4) is 0 Å². The van der Waals surface area contributed by atoms with Gasteiger partial charge in [-0.3, -0.25) is 4.79 Å². The molecule has 6 heteroatoms. The molecule has 1 fully saturated rings. The number of amides is 1. The monoisotopic (exact) mass is 374 g/mol. The van der Waals surface area contributed by atoms with Gasteiger partial charge in [-0.15, -0.1) is 0 Å². The van der Waals surface area contributed by atoms with Gasteiger partial charge in [-0.05, 0) is 42.0 Å². The summed E-state index contributed by atoms with van der Waals surface area (Å²) in [6.07, 6.45) is 3.10. The van der Waals surface area contributed by atoms with Gasteiger partial charge in [0.05, 0.1) is 7.11 Å². The molecule has 2 aromatic rings. The molecule has 0 radical (unpaired) electrons. The van der Waals surface area contributed by atoms with E-state index in [1.807, 2.05) is 24.3 Å². The quantitative estimate of drug-likeness (QED) is 0.762. The van der Waals surface area contributed by atoms with Crippen LogP contribution in [-0.4, -0.2) is 44.1 Å². The molecule has 1 aliphatic rings. The number of rotatable bonds is 4. The molecule has 0 atom stereocenters. The van der Waals surface area contributed by atoms with Crippen LogP contribution in [0.2, 0.25) is 5.02 Å². The number of nitrogens with zero attached hydrogens (tertiary/aromatic N) is 2. The molecule has 0 saturated carbocycles. The van der Waals surface area contributed by atoms with Crippen molar-refractivity contribution in [3.63, 3.8) is 0 Å². The number of benzene rings is 2. The second-order valence-electron chi connectivity index (χ2n) is 6.02. The Morgan fingerprint density at radius 1 is 1.15 bits per heavy atom. The van der Waals surface area contributed by atoms with Gasteiger partial charge in [-0.1, -0.05) is 23.7 Å². The first-order valence-corrected chi connectivity index (χ1v) is 8.75. The SMILES string of the molecule is COc1ccc(/C=C/C(=O)N2CCN(c3cccc(Cl)c3)CC2)cc1F. The summed E-state index contributed by atoms with van der Waals surface area (Å²) < 4.78 is 18.6. The molecule has 0 aliphatic carbocycles. The number of piperazine rings is 1. The summed E-state index contributed by atoms with van der Waals surface area (Å²) in [4.78, 5) is 16.4. The highest BCUT2D eigenvalue weighted by molar-refractivity contribution is 6.30. The van der Waals surface area contributed by atoms with Crippen LogP contribution in [0, 0.1) is 5.82 Å². The summed E-state index contributed by atoms with van der Waals surface area (Å²) in [5.41, 5.74) is 1.68. The molecule has 1 heterocycles. The number of hydrogen-bond acceptors (Lipinski definition) is 3. The topological polar surface area (TPSA) is 32.8 Å². The first kappa shape index (κ1) is 18.3. The molecular weight excluding hydrogens is 355 g/mol. The molecule has 2 aromatic carbocycles. The van der Waals surface area contributed by atoms with Gasteiger partial charge in [0.15, 0.2) is 11.6 Å². The van der Waals surface area contributed by atoms with Crippen LogP contribution in [0.4, 0.5) is 10.1 Å². The molecule has 4 nitrogen and oxygen atoms in total. The molecule has 0 N–H and O–H groups in total. The Balaban J connectivity index is 1.57. The third kappa shape index (κ3) is 4.35. The Labute approximate surface area is 157 Å². The van der Waals surface area contributed by atoms with E-state index in [1.54, 1.807) is 23.1 Å². The van der Waals surface area contributed by atoms with Gasteiger partial charge in [-0.25, -0.2) is 4.39 Å². The molecule has 0 bridgehead atoms. The highest BCUT2D eigenvalue weighted by atomic mass is 35.5. The number of ether oxygens (including phenoxy) is 1. The Morgan fingerprint density at radius 3 is 2.58 bits per heavy atom. The van der Waals surface area contributed by atoms with E-state index in [0.717, 1.165) is 18.8 Å². The molecule has 1 aliphatic heterocycles. The summed E-state index contributed by atoms with van der Waals surface area (Å²) in [6.45, 7) is 2.76. The van der Waals surface area contributed by atoms with Gasteiger partial charge in [0, 0.05) is 43.0 Å². The van der Waals surface area contributed by atoms with E-state index in [1.165, 1.54) is 19.3 Å². The molecule has 3 rings (SSSR count). The van der Waals surface area contributed by atoms with Crippen molar-refractivity contribution in [1.82, 2.24) is 4.90 Å². The third-order valence-electron chi connectivity index (χ3n) is 4.36. The maximum atomic E-state index is 13.7. The Morgan fingerprint density at radius 2 is 1.92 bits per heavy atom. The van der Waals surface area contributed by atoms with Gasteiger partial charge >= 0.3 is 0 Å². The average Bonchev–Trinajstić information content (AvgIpc) is 2.66. The number of carbonyl (C=O) groups excluding carboxylic acids is 1. The lowest BCUT2D eigenvalue weighted by molar-refractivity contribution is -0.126. The molecular formula is C20H20ClFN2O2. The zero-order chi connectivity index (χ0) is 18.5. The lowest BCUT2D eigenvalue weighted by Gasteiger charge is -2.35. The predicted octanol–water partition coefficient (Wildman–Crippen LogP) is 3.85. The van der Waals surface area contributed by atoms with Crippen molar-refractivity contribution in [2.45, 2.75) is 0 Å². The Hall–Kier alpha value is -2.53. The minimum atomic E-state index is -0.447. The number of carbonyl (C=O) groups is 1. The Bertz CT molecular complexity index is 817. The van der Waals surface area contributed by atoms with Gasteiger partial charge in [0.1, 0.15) is 0 Å². The minimum Gasteiger partial charge on any atom is -0.494 e. The average molecular weight is 375 g/mol. The van der Waals surface area contributed by atoms with E-state index >= 15 is 0 Å². The van der Waals surface area contributed by atoms with Gasteiger partial charge in [0.2, 0.25) is 5.91 Å². The molecule has 1 saturated heterocycles. The van der Waals surface area contributed by atoms with Crippen LogP contribution in [0.25, 0.3) is 6.08 Å². The van der Waals surface area contributed by atoms with Gasteiger partial charge in [-0.2, -0.15) is 0 Å². The molecule has 0 aromatic heterocycles. The lowest BCUT2D eigenvalue weighted by Crippen LogP contribution is -2.48. The van der Waals surface area contributed by atoms with Crippen LogP contribution in [0.15, 0.2) is 48.5 Å². The first-order chi connectivity index (χ1) is 12.6. The lowest BCUT2D eigenvalue weighted by atomic mass is 10.2. The van der Waals surface area contributed by atoms with Crippen LogP contribution in [0.1, 0.15) is 5.56 Å². The van der Waals surface area contributed by atoms with E-state index in [4.69, 9.17) is 16.3 Å². The number of hydrogen-bond donors (Lipinski definition) is 0. The standard InChI is InChI=1S/C20H20ClFN2O2/c1-26-19-7-5-15(13-18(19)22)6-8-20(25)24-11-9-23(10-12-24)17-4-2-3-16(21)14-17/h2-8,13-14H,9-12H2,1H3/b8-6+. The van der Waals surface area contributed by atoms with Crippen LogP contribution in [0.5, 0.6) is 5.75 Å². The largest absolute Gasteiger partial charge is 0.494 e. The summed E-state index contributed by atoms with van der Waals surface area (Å²) >= 11 is 6.04. The van der Waals surface area contributed by atoms with Crippen molar-refractivity contribution >= 4 is 29.3 Å². The van der Waals surface area contributed by atoms with Crippen LogP contribution >= 0.6 is 11.6 Å². The second kappa shape index (κ2) is 8.23. The summed E-state index contributed by atoms with van der Waals surface area (Å²) in [5, 5.41) is 0.704. The summed E-state index contributed by atoms with van der Waals surface area (Å²) in [7, 11) is 1.42. The van der Waals surface area contributed by atoms with Crippen molar-refractivity contribution in [3.8, 4) is 5.75 Å². The minimum absolute atomic E-state index is 0.0769. The molecule has 1 amide bonds. The molecule has 26 heavy (non-hydrogen) atoms. The van der Waals surface area contributed by atoms with E-state index in [-0.39, 0.29) is 11.7 Å². The van der Waals surface area contributed by atoms with Crippen molar-refractivity contribution in [3.05, 3.63) is 64.9 Å². The normalized spacial score (nSPS) is 14.7. The fourth-order valence-electron chi connectivity index (χ4n) is 2.92. The van der Waals surface area contributed by atoms with Crippen molar-refractivity contribution in [2.24, 2.45) is 0 Å². The predicted molar refractivity (Wildman–Crippen MR) is 102 cm³/mol. The second-order valence-corrected chi connectivity index (χ2v) is 6.46. The van der Waals surface area contributed by atoms with Crippen molar-refractivity contribution in [2.75, 3.05) is 38.2 Å². The molecule has 0 unspecified atom stereocenters. The maximum absolute atomic E-state index is 13.7. The zero-order valence-corrected chi connectivity index (χ0v) is 15.2. The van der Waals surface area contributed by atoms with Gasteiger partial charge in [0.25, 0.3) is 0 Å². The Kier molecular flexibility index (Phi) is 5.78.